The minimum absolute atomic E-state index is 0.0912. The Kier molecular flexibility index (Phi) is 6.72. The van der Waals surface area contributed by atoms with Crippen molar-refractivity contribution in [3.63, 3.8) is 0 Å². The standard InChI is InChI=1S/C27H25FIN5O4/c1-4-19-23-22(24(32(3)25(19)36)31-21-11-8-15(29)12-20(21)28)26(37)34(17-9-10-17)27(38)33(23)18-7-5-6-16(13-18)30-14(2)35/h5-8,11-13,17,31H,4,9-10H2,1-3H3,(H,30,35). The van der Waals surface area contributed by atoms with Crippen LogP contribution in [0.15, 0.2) is 56.8 Å². The molecule has 0 unspecified atom stereocenters. The van der Waals surface area contributed by atoms with E-state index < -0.39 is 22.6 Å². The molecule has 0 aliphatic heterocycles. The number of benzene rings is 2. The van der Waals surface area contributed by atoms with Crippen LogP contribution in [-0.4, -0.2) is 19.6 Å². The molecule has 2 N–H and O–H groups in total. The van der Waals surface area contributed by atoms with Crippen LogP contribution < -0.4 is 27.4 Å². The maximum Gasteiger partial charge on any atom is 0.336 e. The first-order valence-electron chi connectivity index (χ1n) is 12.2. The molecule has 1 aliphatic carbocycles. The summed E-state index contributed by atoms with van der Waals surface area (Å²) in [7, 11) is 1.52. The second-order valence-corrected chi connectivity index (χ2v) is 10.5. The number of amides is 1. The van der Waals surface area contributed by atoms with Crippen LogP contribution in [0.5, 0.6) is 0 Å². The molecule has 2 heterocycles. The highest BCUT2D eigenvalue weighted by molar-refractivity contribution is 14.1. The molecule has 0 atom stereocenters. The Morgan fingerprint density at radius 3 is 2.47 bits per heavy atom. The summed E-state index contributed by atoms with van der Waals surface area (Å²) in [4.78, 5) is 53.1. The summed E-state index contributed by atoms with van der Waals surface area (Å²) in [6.07, 6.45) is 1.60. The van der Waals surface area contributed by atoms with Crippen LogP contribution >= 0.6 is 22.6 Å². The zero-order chi connectivity index (χ0) is 27.3. The predicted octanol–water partition coefficient (Wildman–Crippen LogP) is 4.19. The molecular formula is C27H25FIN5O4. The number of aromatic nitrogens is 3. The van der Waals surface area contributed by atoms with E-state index >= 15 is 0 Å². The van der Waals surface area contributed by atoms with Gasteiger partial charge in [0.25, 0.3) is 11.1 Å². The number of aryl methyl sites for hydroxylation is 1. The number of carbonyl (C=O) groups is 1. The summed E-state index contributed by atoms with van der Waals surface area (Å²) in [6.45, 7) is 3.15. The first-order chi connectivity index (χ1) is 18.1. The zero-order valence-corrected chi connectivity index (χ0v) is 23.1. The van der Waals surface area contributed by atoms with Crippen molar-refractivity contribution in [1.29, 1.82) is 0 Å². The molecule has 0 spiro atoms. The minimum atomic E-state index is -0.570. The second-order valence-electron chi connectivity index (χ2n) is 9.27. The lowest BCUT2D eigenvalue weighted by atomic mass is 10.1. The normalized spacial score (nSPS) is 13.1. The molecule has 0 radical (unpaired) electrons. The molecule has 1 aliphatic rings. The average molecular weight is 629 g/mol. The van der Waals surface area contributed by atoms with Gasteiger partial charge in [0.2, 0.25) is 5.91 Å². The van der Waals surface area contributed by atoms with Crippen LogP contribution in [0.2, 0.25) is 0 Å². The van der Waals surface area contributed by atoms with Gasteiger partial charge in [0.1, 0.15) is 17.0 Å². The highest BCUT2D eigenvalue weighted by Crippen LogP contribution is 2.34. The van der Waals surface area contributed by atoms with Gasteiger partial charge in [-0.15, -0.1) is 0 Å². The Balaban J connectivity index is 1.93. The van der Waals surface area contributed by atoms with Crippen LogP contribution in [0.4, 0.5) is 21.6 Å². The maximum absolute atomic E-state index is 14.9. The summed E-state index contributed by atoms with van der Waals surface area (Å²) in [5.74, 6) is -0.735. The topological polar surface area (TPSA) is 107 Å². The number of halogens is 2. The molecule has 0 bridgehead atoms. The third-order valence-corrected chi connectivity index (χ3v) is 7.26. The number of nitrogens with one attached hydrogen (secondary N) is 2. The lowest BCUT2D eigenvalue weighted by Gasteiger charge is -2.21. The van der Waals surface area contributed by atoms with Gasteiger partial charge < -0.3 is 10.6 Å². The molecule has 2 aromatic heterocycles. The largest absolute Gasteiger partial charge is 0.338 e. The van der Waals surface area contributed by atoms with Crippen molar-refractivity contribution < 1.29 is 9.18 Å². The van der Waals surface area contributed by atoms with E-state index in [0.717, 1.165) is 0 Å². The minimum Gasteiger partial charge on any atom is -0.338 e. The Hall–Kier alpha value is -3.74. The smallest absolute Gasteiger partial charge is 0.336 e. The van der Waals surface area contributed by atoms with Crippen LogP contribution in [0.1, 0.15) is 38.3 Å². The van der Waals surface area contributed by atoms with Crippen molar-refractivity contribution in [2.75, 3.05) is 10.6 Å². The maximum atomic E-state index is 14.9. The lowest BCUT2D eigenvalue weighted by molar-refractivity contribution is -0.114. The Morgan fingerprint density at radius 1 is 1.11 bits per heavy atom. The summed E-state index contributed by atoms with van der Waals surface area (Å²) >= 11 is 2.00. The van der Waals surface area contributed by atoms with Gasteiger partial charge in [0.05, 0.1) is 16.9 Å². The van der Waals surface area contributed by atoms with E-state index in [4.69, 9.17) is 0 Å². The molecule has 196 valence electrons. The van der Waals surface area contributed by atoms with Gasteiger partial charge in [-0.2, -0.15) is 0 Å². The molecule has 9 nitrogen and oxygen atoms in total. The van der Waals surface area contributed by atoms with E-state index in [2.05, 4.69) is 10.6 Å². The van der Waals surface area contributed by atoms with E-state index in [1.807, 2.05) is 22.6 Å². The van der Waals surface area contributed by atoms with E-state index in [1.54, 1.807) is 37.3 Å². The van der Waals surface area contributed by atoms with Gasteiger partial charge in [0, 0.05) is 34.8 Å². The third kappa shape index (κ3) is 4.44. The number of nitrogens with zero attached hydrogens (tertiary/aromatic N) is 3. The SMILES string of the molecule is CCc1c(=O)n(C)c(Nc2ccc(I)cc2F)c2c(=O)n(C3CC3)c(=O)n(-c3cccc(NC(C)=O)c3)c12. The Bertz CT molecular complexity index is 1800. The monoisotopic (exact) mass is 629 g/mol. The van der Waals surface area contributed by atoms with Gasteiger partial charge in [-0.3, -0.25) is 28.1 Å². The van der Waals surface area contributed by atoms with Crippen molar-refractivity contribution in [3.8, 4) is 5.69 Å². The fourth-order valence-corrected chi connectivity index (χ4v) is 5.15. The number of carbonyl (C=O) groups excluding carboxylic acids is 1. The zero-order valence-electron chi connectivity index (χ0n) is 21.0. The number of pyridine rings is 1. The average Bonchev–Trinajstić information content (AvgIpc) is 3.69. The predicted molar refractivity (Wildman–Crippen MR) is 153 cm³/mol. The summed E-state index contributed by atoms with van der Waals surface area (Å²) in [6, 6.07) is 11.0. The van der Waals surface area contributed by atoms with Crippen molar-refractivity contribution in [1.82, 2.24) is 13.7 Å². The van der Waals surface area contributed by atoms with Crippen molar-refractivity contribution >= 4 is 56.6 Å². The first-order valence-corrected chi connectivity index (χ1v) is 13.2. The van der Waals surface area contributed by atoms with Crippen LogP contribution in [-0.2, 0) is 18.3 Å². The van der Waals surface area contributed by atoms with Gasteiger partial charge in [-0.25, -0.2) is 9.18 Å². The Morgan fingerprint density at radius 2 is 1.84 bits per heavy atom. The van der Waals surface area contributed by atoms with Crippen LogP contribution in [0.25, 0.3) is 16.6 Å². The van der Waals surface area contributed by atoms with E-state index in [-0.39, 0.29) is 46.3 Å². The van der Waals surface area contributed by atoms with Crippen LogP contribution in [0.3, 0.4) is 0 Å². The highest BCUT2D eigenvalue weighted by Gasteiger charge is 2.32. The van der Waals surface area contributed by atoms with Gasteiger partial charge in [0.15, 0.2) is 0 Å². The number of rotatable bonds is 6. The number of hydrogen-bond donors (Lipinski definition) is 2. The van der Waals surface area contributed by atoms with E-state index in [9.17, 15) is 23.6 Å². The summed E-state index contributed by atoms with van der Waals surface area (Å²) < 4.78 is 19.4. The fourth-order valence-electron chi connectivity index (χ4n) is 4.70. The van der Waals surface area contributed by atoms with Crippen molar-refractivity contribution in [2.24, 2.45) is 7.05 Å². The molecule has 1 amide bonds. The van der Waals surface area contributed by atoms with Gasteiger partial charge in [-0.1, -0.05) is 13.0 Å². The van der Waals surface area contributed by atoms with Crippen molar-refractivity contribution in [3.05, 3.63) is 88.6 Å². The Labute approximate surface area is 230 Å². The molecule has 5 rings (SSSR count). The number of anilines is 3. The lowest BCUT2D eigenvalue weighted by Crippen LogP contribution is -2.41. The van der Waals surface area contributed by atoms with Crippen molar-refractivity contribution in [2.45, 2.75) is 39.2 Å². The molecule has 1 saturated carbocycles. The molecule has 11 heteroatoms. The van der Waals surface area contributed by atoms with E-state index in [1.165, 1.54) is 39.8 Å². The molecule has 1 fully saturated rings. The van der Waals surface area contributed by atoms with Crippen LogP contribution in [0, 0.1) is 9.39 Å². The molecule has 2 aromatic carbocycles. The van der Waals surface area contributed by atoms with Gasteiger partial charge >= 0.3 is 5.69 Å². The number of hydrogen-bond acceptors (Lipinski definition) is 5. The quantitative estimate of drug-likeness (QED) is 0.311. The van der Waals surface area contributed by atoms with Gasteiger partial charge in [-0.05, 0) is 78.3 Å². The molecule has 4 aromatic rings. The molecular weight excluding hydrogens is 604 g/mol. The molecule has 38 heavy (non-hydrogen) atoms. The molecule has 0 saturated heterocycles. The second kappa shape index (κ2) is 9.86. The fraction of sp³-hybridized carbons (Fsp3) is 0.259. The summed E-state index contributed by atoms with van der Waals surface area (Å²) in [5, 5.41) is 5.78. The number of fused-ring (bicyclic) bond motifs is 1. The first kappa shape index (κ1) is 25.9. The third-order valence-electron chi connectivity index (χ3n) is 6.59. The highest BCUT2D eigenvalue weighted by atomic mass is 127. The summed E-state index contributed by atoms with van der Waals surface area (Å²) in [5.41, 5.74) is -0.152. The van der Waals surface area contributed by atoms with E-state index in [0.29, 0.717) is 27.8 Å².